The van der Waals surface area contributed by atoms with Crippen LogP contribution in [-0.4, -0.2) is 50.5 Å². The highest BCUT2D eigenvalue weighted by molar-refractivity contribution is 7.89. The third-order valence-electron chi connectivity index (χ3n) is 4.76. The Morgan fingerprint density at radius 3 is 2.12 bits per heavy atom. The van der Waals surface area contributed by atoms with Gasteiger partial charge in [-0.2, -0.15) is 0 Å². The van der Waals surface area contributed by atoms with Crippen LogP contribution in [0.25, 0.3) is 0 Å². The molecule has 0 saturated heterocycles. The maximum Gasteiger partial charge on any atom is 0.257 e. The van der Waals surface area contributed by atoms with Crippen LogP contribution >= 0.6 is 23.2 Å². The second-order valence-corrected chi connectivity index (χ2v) is 10.0. The molecule has 3 aromatic rings. The van der Waals surface area contributed by atoms with E-state index in [2.05, 4.69) is 14.7 Å². The van der Waals surface area contributed by atoms with Crippen molar-refractivity contribution in [3.8, 4) is 0 Å². The van der Waals surface area contributed by atoms with E-state index in [-0.39, 0.29) is 27.4 Å². The maximum absolute atomic E-state index is 13.7. The molecule has 0 aliphatic heterocycles. The van der Waals surface area contributed by atoms with Gasteiger partial charge < -0.3 is 9.88 Å². The Morgan fingerprint density at radius 1 is 1.06 bits per heavy atom. The van der Waals surface area contributed by atoms with Crippen molar-refractivity contribution in [3.63, 3.8) is 0 Å². The highest BCUT2D eigenvalue weighted by atomic mass is 35.5. The van der Waals surface area contributed by atoms with E-state index >= 15 is 0 Å². The summed E-state index contributed by atoms with van der Waals surface area (Å²) in [5, 5.41) is -0.339. The van der Waals surface area contributed by atoms with E-state index < -0.39 is 27.6 Å². The Kier molecular flexibility index (Phi) is 7.89. The van der Waals surface area contributed by atoms with Gasteiger partial charge in [-0.3, -0.25) is 0 Å². The van der Waals surface area contributed by atoms with Crippen LogP contribution < -0.4 is 4.72 Å². The van der Waals surface area contributed by atoms with E-state index in [0.29, 0.717) is 17.5 Å². The number of aromatic amines is 1. The molecule has 0 saturated carbocycles. The van der Waals surface area contributed by atoms with E-state index in [9.17, 15) is 17.2 Å². The first kappa shape index (κ1) is 24.6. The van der Waals surface area contributed by atoms with Crippen LogP contribution in [0.2, 0.25) is 10.0 Å². The largest absolute Gasteiger partial charge is 0.331 e. The second-order valence-electron chi connectivity index (χ2n) is 7.47. The molecule has 0 spiro atoms. The lowest BCUT2D eigenvalue weighted by atomic mass is 9.90. The van der Waals surface area contributed by atoms with Gasteiger partial charge in [-0.25, -0.2) is 26.9 Å². The zero-order chi connectivity index (χ0) is 23.5. The van der Waals surface area contributed by atoms with Crippen molar-refractivity contribution in [2.75, 3.05) is 27.2 Å². The predicted octanol–water partition coefficient (Wildman–Crippen LogP) is 4.40. The van der Waals surface area contributed by atoms with Crippen molar-refractivity contribution in [3.05, 3.63) is 81.2 Å². The number of H-pyrrole nitrogens is 1. The Morgan fingerprint density at radius 2 is 1.62 bits per heavy atom. The Hall–Kier alpha value is -2.04. The van der Waals surface area contributed by atoms with Gasteiger partial charge in [-0.1, -0.05) is 35.3 Å². The number of rotatable bonds is 9. The summed E-state index contributed by atoms with van der Waals surface area (Å²) in [6.07, 6.45) is 1.84. The summed E-state index contributed by atoms with van der Waals surface area (Å²) in [5.41, 5.74) is 1.05. The summed E-state index contributed by atoms with van der Waals surface area (Å²) in [6, 6.07) is 8.22. The molecule has 0 radical (unpaired) electrons. The smallest absolute Gasteiger partial charge is 0.257 e. The Bertz CT molecular complexity index is 1150. The average Bonchev–Trinajstić information content (AvgIpc) is 3.21. The third-order valence-corrected chi connectivity index (χ3v) is 6.71. The zero-order valence-corrected chi connectivity index (χ0v) is 19.7. The minimum Gasteiger partial charge on any atom is -0.331 e. The highest BCUT2D eigenvalue weighted by Crippen LogP contribution is 2.34. The van der Waals surface area contributed by atoms with Crippen molar-refractivity contribution in [2.24, 2.45) is 0 Å². The van der Waals surface area contributed by atoms with Crippen LogP contribution in [-0.2, 0) is 10.0 Å². The molecule has 172 valence electrons. The summed E-state index contributed by atoms with van der Waals surface area (Å²) < 4.78 is 55.3. The molecule has 3 rings (SSSR count). The van der Waals surface area contributed by atoms with E-state index in [0.717, 1.165) is 6.54 Å². The summed E-state index contributed by atoms with van der Waals surface area (Å²) in [4.78, 5) is 9.02. The van der Waals surface area contributed by atoms with Crippen molar-refractivity contribution in [1.82, 2.24) is 19.6 Å². The molecule has 2 N–H and O–H groups in total. The number of halogens is 4. The lowest BCUT2D eigenvalue weighted by Crippen LogP contribution is -2.27. The number of sulfonamides is 1. The predicted molar refractivity (Wildman–Crippen MR) is 121 cm³/mol. The standard InChI is InChI=1S/C21H22Cl2F2N4O2S/c1-29(2)9-3-8-27-32(30,31)19-12-26-21(28-19)20(13-4-6-17(24)15(22)10-13)14-5-7-18(25)16(23)11-14/h4-7,10-12,20,27H,3,8-9H2,1-2H3,(H,26,28). The molecule has 0 amide bonds. The molecule has 1 heterocycles. The van der Waals surface area contributed by atoms with Crippen molar-refractivity contribution in [2.45, 2.75) is 17.4 Å². The van der Waals surface area contributed by atoms with Gasteiger partial charge in [0.15, 0.2) is 5.03 Å². The monoisotopic (exact) mass is 502 g/mol. The first-order valence-corrected chi connectivity index (χ1v) is 11.9. The molecule has 2 aromatic carbocycles. The second kappa shape index (κ2) is 10.3. The van der Waals surface area contributed by atoms with Crippen LogP contribution in [0.5, 0.6) is 0 Å². The fraction of sp³-hybridized carbons (Fsp3) is 0.286. The number of imidazole rings is 1. The molecular weight excluding hydrogens is 481 g/mol. The SMILES string of the molecule is CN(C)CCCNS(=O)(=O)c1cnc(C(c2ccc(F)c(Cl)c2)c2ccc(F)c(Cl)c2)[nH]1. The maximum atomic E-state index is 13.7. The number of hydrogen-bond donors (Lipinski definition) is 2. The molecule has 0 aliphatic rings. The summed E-state index contributed by atoms with van der Waals surface area (Å²) in [7, 11) is -0.0197. The van der Waals surface area contributed by atoms with Gasteiger partial charge in [0.25, 0.3) is 10.0 Å². The lowest BCUT2D eigenvalue weighted by molar-refractivity contribution is 0.400. The zero-order valence-electron chi connectivity index (χ0n) is 17.4. The molecule has 32 heavy (non-hydrogen) atoms. The fourth-order valence-electron chi connectivity index (χ4n) is 3.17. The Labute approximate surface area is 195 Å². The van der Waals surface area contributed by atoms with Gasteiger partial charge >= 0.3 is 0 Å². The summed E-state index contributed by atoms with van der Waals surface area (Å²) in [5.74, 6) is -1.64. The van der Waals surface area contributed by atoms with Gasteiger partial charge in [0.1, 0.15) is 17.5 Å². The van der Waals surface area contributed by atoms with E-state index in [1.54, 1.807) is 0 Å². The number of benzene rings is 2. The summed E-state index contributed by atoms with van der Waals surface area (Å²) >= 11 is 11.9. The van der Waals surface area contributed by atoms with E-state index in [1.807, 2.05) is 19.0 Å². The van der Waals surface area contributed by atoms with Gasteiger partial charge in [0, 0.05) is 6.54 Å². The van der Waals surface area contributed by atoms with Crippen LogP contribution in [0, 0.1) is 11.6 Å². The normalized spacial score (nSPS) is 12.1. The van der Waals surface area contributed by atoms with Crippen LogP contribution in [0.15, 0.2) is 47.6 Å². The summed E-state index contributed by atoms with van der Waals surface area (Å²) in [6.45, 7) is 0.995. The first-order chi connectivity index (χ1) is 15.1. The minimum atomic E-state index is -3.82. The third kappa shape index (κ3) is 5.85. The van der Waals surface area contributed by atoms with Gasteiger partial charge in [0.05, 0.1) is 22.2 Å². The molecule has 6 nitrogen and oxygen atoms in total. The van der Waals surface area contributed by atoms with Crippen molar-refractivity contribution >= 4 is 33.2 Å². The Balaban J connectivity index is 1.96. The molecule has 0 fully saturated rings. The number of nitrogens with one attached hydrogen (secondary N) is 2. The molecule has 0 aliphatic carbocycles. The molecule has 0 bridgehead atoms. The van der Waals surface area contributed by atoms with Crippen LogP contribution in [0.1, 0.15) is 29.3 Å². The molecule has 1 aromatic heterocycles. The quantitative estimate of drug-likeness (QED) is 0.425. The van der Waals surface area contributed by atoms with Crippen LogP contribution in [0.3, 0.4) is 0 Å². The molecular formula is C21H22Cl2F2N4O2S. The van der Waals surface area contributed by atoms with Gasteiger partial charge in [-0.15, -0.1) is 0 Å². The average molecular weight is 503 g/mol. The number of hydrogen-bond acceptors (Lipinski definition) is 4. The minimum absolute atomic E-state index is 0.109. The molecule has 11 heteroatoms. The topological polar surface area (TPSA) is 78.1 Å². The van der Waals surface area contributed by atoms with Crippen molar-refractivity contribution in [1.29, 1.82) is 0 Å². The van der Waals surface area contributed by atoms with Gasteiger partial charge in [-0.05, 0) is 62.5 Å². The first-order valence-electron chi connectivity index (χ1n) is 9.67. The van der Waals surface area contributed by atoms with Gasteiger partial charge in [0.2, 0.25) is 0 Å². The highest BCUT2D eigenvalue weighted by Gasteiger charge is 2.25. The lowest BCUT2D eigenvalue weighted by Gasteiger charge is -2.17. The van der Waals surface area contributed by atoms with E-state index in [4.69, 9.17) is 23.2 Å². The molecule has 0 atom stereocenters. The fourth-order valence-corrected chi connectivity index (χ4v) is 4.55. The van der Waals surface area contributed by atoms with Crippen LogP contribution in [0.4, 0.5) is 8.78 Å². The number of nitrogens with zero attached hydrogens (tertiary/aromatic N) is 2. The van der Waals surface area contributed by atoms with E-state index in [1.165, 1.54) is 42.6 Å². The number of aromatic nitrogens is 2. The van der Waals surface area contributed by atoms with Crippen molar-refractivity contribution < 1.29 is 17.2 Å². The molecule has 0 unspecified atom stereocenters.